The predicted octanol–water partition coefficient (Wildman–Crippen LogP) is 2.22. The zero-order valence-electron chi connectivity index (χ0n) is 10.8. The van der Waals surface area contributed by atoms with Crippen molar-refractivity contribution >= 4 is 15.9 Å². The molecule has 18 heavy (non-hydrogen) atoms. The first kappa shape index (κ1) is 13.6. The van der Waals surface area contributed by atoms with E-state index in [-0.39, 0.29) is 0 Å². The Balaban J connectivity index is 1.85. The molecular weight excluding hydrogens is 296 g/mol. The highest BCUT2D eigenvalue weighted by atomic mass is 79.9. The maximum Gasteiger partial charge on any atom is 0.231 e. The molecule has 2 rings (SSSR count). The molecule has 1 aromatic rings. The van der Waals surface area contributed by atoms with Crippen LogP contribution in [0.15, 0.2) is 16.6 Å². The lowest BCUT2D eigenvalue weighted by Crippen LogP contribution is -2.28. The van der Waals surface area contributed by atoms with Crippen molar-refractivity contribution in [2.45, 2.75) is 13.5 Å². The molecule has 1 aromatic carbocycles. The van der Waals surface area contributed by atoms with E-state index in [1.54, 1.807) is 0 Å². The number of likely N-dealkylation sites (N-methyl/N-ethyl adjacent to an activating group) is 1. The maximum absolute atomic E-state index is 5.39. The molecule has 0 atom stereocenters. The predicted molar refractivity (Wildman–Crippen MR) is 75.1 cm³/mol. The van der Waals surface area contributed by atoms with E-state index in [0.717, 1.165) is 42.2 Å². The van der Waals surface area contributed by atoms with Crippen molar-refractivity contribution < 1.29 is 9.47 Å². The minimum absolute atomic E-state index is 0.312. The second-order valence-electron chi connectivity index (χ2n) is 4.38. The smallest absolute Gasteiger partial charge is 0.231 e. The molecule has 1 aliphatic rings. The Morgan fingerprint density at radius 2 is 2.22 bits per heavy atom. The SMILES string of the molecule is CCN(C)CCNCc1cc(Br)c2c(c1)OCO2. The zero-order valence-corrected chi connectivity index (χ0v) is 12.4. The van der Waals surface area contributed by atoms with E-state index < -0.39 is 0 Å². The van der Waals surface area contributed by atoms with Crippen molar-refractivity contribution in [1.29, 1.82) is 0 Å². The Bertz CT molecular complexity index is 412. The van der Waals surface area contributed by atoms with Crippen LogP contribution in [0.25, 0.3) is 0 Å². The van der Waals surface area contributed by atoms with Crippen LogP contribution in [0.3, 0.4) is 0 Å². The van der Waals surface area contributed by atoms with E-state index in [0.29, 0.717) is 6.79 Å². The Labute approximate surface area is 116 Å². The summed E-state index contributed by atoms with van der Waals surface area (Å²) in [6.45, 7) is 6.43. The van der Waals surface area contributed by atoms with Gasteiger partial charge in [0.05, 0.1) is 4.47 Å². The summed E-state index contributed by atoms with van der Waals surface area (Å²) in [6, 6.07) is 4.10. The minimum Gasteiger partial charge on any atom is -0.454 e. The molecule has 4 nitrogen and oxygen atoms in total. The zero-order chi connectivity index (χ0) is 13.0. The van der Waals surface area contributed by atoms with Crippen LogP contribution in [0.4, 0.5) is 0 Å². The molecule has 0 unspecified atom stereocenters. The van der Waals surface area contributed by atoms with Crippen molar-refractivity contribution in [2.24, 2.45) is 0 Å². The number of halogens is 1. The molecule has 0 saturated carbocycles. The summed E-state index contributed by atoms with van der Waals surface area (Å²) in [7, 11) is 2.12. The van der Waals surface area contributed by atoms with Crippen LogP contribution in [0.5, 0.6) is 11.5 Å². The van der Waals surface area contributed by atoms with E-state index in [1.165, 1.54) is 5.56 Å². The van der Waals surface area contributed by atoms with Gasteiger partial charge in [-0.2, -0.15) is 0 Å². The van der Waals surface area contributed by atoms with Crippen LogP contribution in [0.1, 0.15) is 12.5 Å². The highest BCUT2D eigenvalue weighted by Crippen LogP contribution is 2.39. The van der Waals surface area contributed by atoms with E-state index in [9.17, 15) is 0 Å². The second kappa shape index (κ2) is 6.41. The number of nitrogens with zero attached hydrogens (tertiary/aromatic N) is 1. The highest BCUT2D eigenvalue weighted by Gasteiger charge is 2.17. The number of rotatable bonds is 6. The van der Waals surface area contributed by atoms with Gasteiger partial charge in [0.1, 0.15) is 0 Å². The van der Waals surface area contributed by atoms with Gasteiger partial charge in [-0.15, -0.1) is 0 Å². The average Bonchev–Trinajstić information content (AvgIpc) is 2.83. The molecule has 5 heteroatoms. The summed E-state index contributed by atoms with van der Waals surface area (Å²) in [4.78, 5) is 2.28. The van der Waals surface area contributed by atoms with Gasteiger partial charge >= 0.3 is 0 Å². The molecule has 0 saturated heterocycles. The second-order valence-corrected chi connectivity index (χ2v) is 5.24. The van der Waals surface area contributed by atoms with Crippen molar-refractivity contribution in [3.63, 3.8) is 0 Å². The van der Waals surface area contributed by atoms with Gasteiger partial charge in [0, 0.05) is 19.6 Å². The molecule has 100 valence electrons. The van der Waals surface area contributed by atoms with E-state index >= 15 is 0 Å². The lowest BCUT2D eigenvalue weighted by Gasteiger charge is -2.14. The molecule has 0 aromatic heterocycles. The third-order valence-corrected chi connectivity index (χ3v) is 3.62. The number of hydrogen-bond donors (Lipinski definition) is 1. The summed E-state index contributed by atoms with van der Waals surface area (Å²) < 4.78 is 11.7. The fourth-order valence-electron chi connectivity index (χ4n) is 1.78. The van der Waals surface area contributed by atoms with Gasteiger partial charge in [-0.25, -0.2) is 0 Å². The van der Waals surface area contributed by atoms with Crippen LogP contribution < -0.4 is 14.8 Å². The van der Waals surface area contributed by atoms with E-state index in [2.05, 4.69) is 46.2 Å². The van der Waals surface area contributed by atoms with Crippen molar-refractivity contribution in [1.82, 2.24) is 10.2 Å². The number of ether oxygens (including phenoxy) is 2. The Morgan fingerprint density at radius 1 is 1.39 bits per heavy atom. The third kappa shape index (κ3) is 3.37. The van der Waals surface area contributed by atoms with Crippen LogP contribution in [-0.2, 0) is 6.54 Å². The molecule has 1 heterocycles. The van der Waals surface area contributed by atoms with Crippen molar-refractivity contribution in [2.75, 3.05) is 33.5 Å². The fraction of sp³-hybridized carbons (Fsp3) is 0.538. The maximum atomic E-state index is 5.39. The quantitative estimate of drug-likeness (QED) is 0.816. The molecule has 1 N–H and O–H groups in total. The van der Waals surface area contributed by atoms with Gasteiger partial charge in [-0.3, -0.25) is 0 Å². The van der Waals surface area contributed by atoms with Gasteiger partial charge in [0.2, 0.25) is 6.79 Å². The summed E-state index contributed by atoms with van der Waals surface area (Å²) in [6.07, 6.45) is 0. The molecular formula is C13H19BrN2O2. The first-order valence-corrected chi connectivity index (χ1v) is 6.97. The monoisotopic (exact) mass is 314 g/mol. The number of benzene rings is 1. The van der Waals surface area contributed by atoms with Gasteiger partial charge in [0.25, 0.3) is 0 Å². The van der Waals surface area contributed by atoms with Gasteiger partial charge in [0.15, 0.2) is 11.5 Å². The van der Waals surface area contributed by atoms with Crippen LogP contribution in [-0.4, -0.2) is 38.4 Å². The van der Waals surface area contributed by atoms with Gasteiger partial charge in [-0.1, -0.05) is 6.92 Å². The van der Waals surface area contributed by atoms with Gasteiger partial charge in [-0.05, 0) is 47.2 Å². The van der Waals surface area contributed by atoms with Crippen molar-refractivity contribution in [3.05, 3.63) is 22.2 Å². The summed E-state index contributed by atoms with van der Waals surface area (Å²) >= 11 is 3.50. The lowest BCUT2D eigenvalue weighted by atomic mass is 10.2. The number of nitrogens with one attached hydrogen (secondary N) is 1. The third-order valence-electron chi connectivity index (χ3n) is 3.03. The Hall–Kier alpha value is -0.780. The van der Waals surface area contributed by atoms with Crippen LogP contribution >= 0.6 is 15.9 Å². The van der Waals surface area contributed by atoms with Gasteiger partial charge < -0.3 is 19.7 Å². The standard InChI is InChI=1S/C13H19BrN2O2/c1-3-16(2)5-4-15-8-10-6-11(14)13-12(7-10)17-9-18-13/h6-7,15H,3-5,8-9H2,1-2H3. The topological polar surface area (TPSA) is 33.7 Å². The molecule has 0 spiro atoms. The molecule has 0 fully saturated rings. The summed E-state index contributed by atoms with van der Waals surface area (Å²) in [5.74, 6) is 1.64. The molecule has 1 aliphatic heterocycles. The summed E-state index contributed by atoms with van der Waals surface area (Å²) in [5, 5.41) is 3.43. The number of fused-ring (bicyclic) bond motifs is 1. The van der Waals surface area contributed by atoms with Crippen LogP contribution in [0, 0.1) is 0 Å². The molecule has 0 amide bonds. The fourth-order valence-corrected chi connectivity index (χ4v) is 2.39. The van der Waals surface area contributed by atoms with Crippen molar-refractivity contribution in [3.8, 4) is 11.5 Å². The average molecular weight is 315 g/mol. The van der Waals surface area contributed by atoms with E-state index in [4.69, 9.17) is 9.47 Å². The van der Waals surface area contributed by atoms with E-state index in [1.807, 2.05) is 6.07 Å². The van der Waals surface area contributed by atoms with Crippen LogP contribution in [0.2, 0.25) is 0 Å². The Morgan fingerprint density at radius 3 is 3.00 bits per heavy atom. The largest absolute Gasteiger partial charge is 0.454 e. The minimum atomic E-state index is 0.312. The first-order chi connectivity index (χ1) is 8.70. The number of hydrogen-bond acceptors (Lipinski definition) is 4. The summed E-state index contributed by atoms with van der Waals surface area (Å²) in [5.41, 5.74) is 1.20. The molecule has 0 bridgehead atoms. The normalized spacial score (nSPS) is 13.3. The first-order valence-electron chi connectivity index (χ1n) is 6.18. The Kier molecular flexibility index (Phi) is 4.86. The highest BCUT2D eigenvalue weighted by molar-refractivity contribution is 9.10. The molecule has 0 aliphatic carbocycles. The lowest BCUT2D eigenvalue weighted by molar-refractivity contribution is 0.173. The molecule has 0 radical (unpaired) electrons.